The molecular formula is C87H93N9O12. The van der Waals surface area contributed by atoms with Gasteiger partial charge in [-0.15, -0.1) is 0 Å². The normalized spacial score (nSPS) is 18.4. The highest BCUT2D eigenvalue weighted by Crippen LogP contribution is 2.43. The highest BCUT2D eigenvalue weighted by molar-refractivity contribution is 5.90. The molecule has 6 N–H and O–H groups in total. The third-order valence-electron chi connectivity index (χ3n) is 21.7. The zero-order valence-corrected chi connectivity index (χ0v) is 62.1. The standard InChI is InChI=1S/C87H93N9O12/c1-9-51(3)81(85(106)91-69(39-75(100)101)62-35-65(45-88-42-62)78-52(4)18-16-19-53(78)5)94-33-32-60(38-74(94)99)68-29-27-55(7)79(56(68)8)66-36-63(43-89-46-66)70(40-76(102)103)92-86(107)83(59-23-14-11-15-24-59)96-49-57(28-31-73(96)98)34-61-25-17-20-54(6)80(61)67-37-64(44-90-47-67)71(41-77(104)105)93-87-84(108-87)82(58-21-12-10-13-22-58)95-48-50(2)26-30-72(95)97/h10-25,27,29,32-33,35-38,42-47,50-51,57,69-71,81-84,87,93H,9,26,28,30-31,34,39-41,48-49H2,1-8H3,(H,91,106)(H,92,107)(H,100,101)(H,102,103)(H,104,105)/t50?,51-,57?,69+,70+,71+,81-,82+,83-,84?,87?/m1/s1. The number of rotatable bonds is 29. The molecule has 3 saturated heterocycles. The fourth-order valence-electron chi connectivity index (χ4n) is 16.1. The average Bonchev–Trinajstić information content (AvgIpc) is 1.50. The van der Waals surface area contributed by atoms with Crippen molar-refractivity contribution in [3.05, 3.63) is 254 Å². The van der Waals surface area contributed by atoms with E-state index in [1.807, 2.05) is 150 Å². The first-order chi connectivity index (χ1) is 51.9. The maximum Gasteiger partial charge on any atom is 0.305 e. The maximum absolute atomic E-state index is 15.3. The molecule has 21 nitrogen and oxygen atoms in total. The maximum atomic E-state index is 15.3. The Morgan fingerprint density at radius 3 is 1.65 bits per heavy atom. The quantitative estimate of drug-likeness (QED) is 0.0237. The van der Waals surface area contributed by atoms with Gasteiger partial charge in [-0.2, -0.15) is 0 Å². The van der Waals surface area contributed by atoms with Crippen molar-refractivity contribution in [3.8, 4) is 44.5 Å². The molecule has 12 rings (SSSR count). The van der Waals surface area contributed by atoms with Crippen molar-refractivity contribution in [2.75, 3.05) is 13.1 Å². The van der Waals surface area contributed by atoms with Crippen molar-refractivity contribution in [3.63, 3.8) is 0 Å². The molecule has 0 spiro atoms. The third-order valence-corrected chi connectivity index (χ3v) is 21.7. The molecule has 0 saturated carbocycles. The lowest BCUT2D eigenvalue weighted by Crippen LogP contribution is -2.49. The zero-order valence-electron chi connectivity index (χ0n) is 62.1. The number of pyridine rings is 4. The molecule has 0 radical (unpaired) electrons. The van der Waals surface area contributed by atoms with Gasteiger partial charge in [-0.05, 0) is 185 Å². The number of piperidine rings is 2. The van der Waals surface area contributed by atoms with E-state index >= 15 is 4.79 Å². The van der Waals surface area contributed by atoms with Gasteiger partial charge in [-0.1, -0.05) is 136 Å². The van der Waals surface area contributed by atoms with Gasteiger partial charge in [0.2, 0.25) is 23.6 Å². The summed E-state index contributed by atoms with van der Waals surface area (Å²) in [4.78, 5) is 128. The van der Waals surface area contributed by atoms with Gasteiger partial charge in [-0.3, -0.25) is 58.6 Å². The largest absolute Gasteiger partial charge is 0.481 e. The van der Waals surface area contributed by atoms with E-state index in [0.717, 1.165) is 73.2 Å². The van der Waals surface area contributed by atoms with E-state index in [2.05, 4.69) is 32.8 Å². The number of epoxide rings is 1. The number of carboxylic acids is 3. The molecule has 108 heavy (non-hydrogen) atoms. The monoisotopic (exact) mass is 1460 g/mol. The molecular weight excluding hydrogens is 1360 g/mol. The van der Waals surface area contributed by atoms with Crippen molar-refractivity contribution in [2.45, 2.75) is 162 Å². The van der Waals surface area contributed by atoms with Crippen molar-refractivity contribution in [1.29, 1.82) is 0 Å². The number of carbonyl (C=O) groups is 7. The Labute approximate surface area is 628 Å². The van der Waals surface area contributed by atoms with Gasteiger partial charge < -0.3 is 45.1 Å². The van der Waals surface area contributed by atoms with Gasteiger partial charge in [-0.25, -0.2) is 0 Å². The van der Waals surface area contributed by atoms with Crippen LogP contribution in [-0.2, 0) is 44.7 Å². The first kappa shape index (κ1) is 76.4. The molecule has 3 aliphatic heterocycles. The lowest BCUT2D eigenvalue weighted by molar-refractivity contribution is -0.145. The van der Waals surface area contributed by atoms with Crippen LogP contribution in [-0.4, -0.2) is 112 Å². The van der Waals surface area contributed by atoms with Crippen LogP contribution >= 0.6 is 0 Å². The van der Waals surface area contributed by atoms with Crippen LogP contribution in [0.1, 0.15) is 170 Å². The van der Waals surface area contributed by atoms with Gasteiger partial charge in [0.15, 0.2) is 0 Å². The summed E-state index contributed by atoms with van der Waals surface area (Å²) in [6, 6.07) is 38.1. The number of likely N-dealkylation sites (tertiary alicyclic amines) is 2. The fraction of sp³-hybridized carbons (Fsp3) is 0.345. The van der Waals surface area contributed by atoms with Crippen molar-refractivity contribution >= 4 is 41.5 Å². The average molecular weight is 1460 g/mol. The second-order valence-electron chi connectivity index (χ2n) is 29.5. The van der Waals surface area contributed by atoms with E-state index in [-0.39, 0.29) is 49.1 Å². The summed E-state index contributed by atoms with van der Waals surface area (Å²) in [5.41, 5.74) is 14.2. The van der Waals surface area contributed by atoms with Gasteiger partial charge in [0.1, 0.15) is 24.4 Å². The Morgan fingerprint density at radius 2 is 1.06 bits per heavy atom. The number of aliphatic carboxylic acids is 3. The van der Waals surface area contributed by atoms with Crippen LogP contribution < -0.4 is 21.5 Å². The number of aryl methyl sites for hydroxylation is 4. The van der Waals surface area contributed by atoms with Crippen molar-refractivity contribution < 1.29 is 53.6 Å². The Balaban J connectivity index is 0.772. The number of hydrogen-bond donors (Lipinski definition) is 6. The van der Waals surface area contributed by atoms with E-state index in [1.165, 1.54) is 16.8 Å². The number of hydrogen-bond acceptors (Lipinski definition) is 13. The minimum Gasteiger partial charge on any atom is -0.481 e. The minimum absolute atomic E-state index is 0.0608. The molecule has 5 aromatic carbocycles. The lowest BCUT2D eigenvalue weighted by Gasteiger charge is -2.38. The van der Waals surface area contributed by atoms with Crippen molar-refractivity contribution in [1.82, 2.24) is 45.3 Å². The molecule has 0 aliphatic carbocycles. The number of nitrogens with one attached hydrogen (secondary N) is 3. The smallest absolute Gasteiger partial charge is 0.305 e. The summed E-state index contributed by atoms with van der Waals surface area (Å²) in [5, 5.41) is 40.5. The van der Waals surface area contributed by atoms with Crippen molar-refractivity contribution in [2.24, 2.45) is 17.8 Å². The molecule has 7 heterocycles. The van der Waals surface area contributed by atoms with E-state index in [9.17, 15) is 48.9 Å². The number of benzene rings is 5. The highest BCUT2D eigenvalue weighted by atomic mass is 16.6. The molecule has 4 unspecified atom stereocenters. The lowest BCUT2D eigenvalue weighted by atomic mass is 9.85. The van der Waals surface area contributed by atoms with Crippen LogP contribution in [0.2, 0.25) is 0 Å². The summed E-state index contributed by atoms with van der Waals surface area (Å²) < 4.78 is 7.73. The predicted molar refractivity (Wildman–Crippen MR) is 411 cm³/mol. The summed E-state index contributed by atoms with van der Waals surface area (Å²) >= 11 is 0. The number of aromatic nitrogens is 4. The predicted octanol–water partition coefficient (Wildman–Crippen LogP) is 13.8. The van der Waals surface area contributed by atoms with E-state index in [4.69, 9.17) is 9.72 Å². The second kappa shape index (κ2) is 33.7. The van der Waals surface area contributed by atoms with E-state index in [1.54, 1.807) is 78.5 Å². The topological polar surface area (TPSA) is 296 Å². The Hall–Kier alpha value is -11.3. The number of amides is 4. The van der Waals surface area contributed by atoms with Crippen LogP contribution in [0.15, 0.2) is 188 Å². The first-order valence-electron chi connectivity index (χ1n) is 37.1. The number of carboxylic acid groups (broad SMARTS) is 3. The molecule has 9 aromatic rings. The van der Waals surface area contributed by atoms with E-state index in [0.29, 0.717) is 77.1 Å². The Morgan fingerprint density at radius 1 is 0.537 bits per heavy atom. The van der Waals surface area contributed by atoms with Crippen LogP contribution in [0.4, 0.5) is 0 Å². The Kier molecular flexibility index (Phi) is 23.8. The van der Waals surface area contributed by atoms with Gasteiger partial charge in [0.25, 0.3) is 5.56 Å². The first-order valence-corrected chi connectivity index (χ1v) is 37.1. The van der Waals surface area contributed by atoms with Crippen LogP contribution in [0.3, 0.4) is 0 Å². The van der Waals surface area contributed by atoms with Crippen LogP contribution in [0, 0.1) is 52.4 Å². The molecule has 11 atom stereocenters. The second-order valence-corrected chi connectivity index (χ2v) is 29.5. The summed E-state index contributed by atoms with van der Waals surface area (Å²) in [5.74, 6) is -4.81. The number of carbonyl (C=O) groups excluding carboxylic acids is 4. The molecule has 4 aromatic heterocycles. The van der Waals surface area contributed by atoms with E-state index < -0.39 is 90.7 Å². The number of nitrogens with zero attached hydrogens (tertiary/aromatic N) is 6. The van der Waals surface area contributed by atoms with Gasteiger partial charge in [0, 0.05) is 98.1 Å². The molecule has 21 heteroatoms. The van der Waals surface area contributed by atoms with Gasteiger partial charge in [0.05, 0.1) is 37.4 Å². The molecule has 3 aliphatic rings. The third kappa shape index (κ3) is 17.4. The highest BCUT2D eigenvalue weighted by Gasteiger charge is 2.51. The van der Waals surface area contributed by atoms with Crippen LogP contribution in [0.25, 0.3) is 44.5 Å². The molecule has 0 bridgehead atoms. The zero-order chi connectivity index (χ0) is 76.6. The van der Waals surface area contributed by atoms with Crippen LogP contribution in [0.5, 0.6) is 0 Å². The summed E-state index contributed by atoms with van der Waals surface area (Å²) in [7, 11) is 0. The minimum atomic E-state index is -1.19. The molecule has 558 valence electrons. The van der Waals surface area contributed by atoms with Gasteiger partial charge >= 0.3 is 17.9 Å². The molecule has 4 amide bonds. The Bertz CT molecular complexity index is 4890. The summed E-state index contributed by atoms with van der Waals surface area (Å²) in [6.45, 7) is 16.5. The SMILES string of the molecule is CC[C@@H](C)[C@H](C(=O)N[C@@H](CC(=O)O)c1cncc(-c2c(C)cccc2C)c1)n1ccc(-c2ccc(C)c(-c3cncc([C@H](CC(=O)O)NC(=O)[C@@H](c4ccccc4)N4CC(Cc5cccc(C)c5-c5cncc([C@H](CC(=O)O)NC6OC6[C@H](c6ccccc6)N6CC(C)CCC6=O)c5)CCC4=O)c3)c2C)cc1=O. The fourth-order valence-corrected chi connectivity index (χ4v) is 16.1. The summed E-state index contributed by atoms with van der Waals surface area (Å²) in [6.07, 6.45) is 12.2. The molecule has 3 fully saturated rings. The number of ether oxygens (including phenoxy) is 1.